The first-order valence-electron chi connectivity index (χ1n) is 6.38. The van der Waals surface area contributed by atoms with Crippen molar-refractivity contribution < 1.29 is 9.84 Å². The Morgan fingerprint density at radius 1 is 1.29 bits per heavy atom. The number of phenols is 1. The third kappa shape index (κ3) is 4.98. The monoisotopic (exact) mass is 237 g/mol. The highest BCUT2D eigenvalue weighted by atomic mass is 16.5. The molecular formula is C14H23NO2. The molecular weight excluding hydrogens is 214 g/mol. The summed E-state index contributed by atoms with van der Waals surface area (Å²) in [6.07, 6.45) is 6.25. The molecule has 1 aromatic rings. The molecule has 0 spiro atoms. The normalized spacial score (nSPS) is 12.4. The summed E-state index contributed by atoms with van der Waals surface area (Å²) in [6, 6.07) is 4.97. The highest BCUT2D eigenvalue weighted by Gasteiger charge is 2.05. The van der Waals surface area contributed by atoms with Crippen molar-refractivity contribution in [3.05, 3.63) is 18.2 Å². The Hall–Kier alpha value is -1.38. The lowest BCUT2D eigenvalue weighted by Crippen LogP contribution is -2.11. The molecule has 0 radical (unpaired) electrons. The number of rotatable bonds is 7. The molecule has 1 aromatic carbocycles. The summed E-state index contributed by atoms with van der Waals surface area (Å²) in [5.74, 6) is 0.830. The first kappa shape index (κ1) is 13.7. The second kappa shape index (κ2) is 7.05. The van der Waals surface area contributed by atoms with Gasteiger partial charge in [-0.1, -0.05) is 26.2 Å². The summed E-state index contributed by atoms with van der Waals surface area (Å²) in [5, 5.41) is 9.30. The van der Waals surface area contributed by atoms with Gasteiger partial charge in [-0.15, -0.1) is 0 Å². The van der Waals surface area contributed by atoms with Crippen LogP contribution in [-0.4, -0.2) is 11.2 Å². The quantitative estimate of drug-likeness (QED) is 0.432. The fourth-order valence-corrected chi connectivity index (χ4v) is 1.76. The van der Waals surface area contributed by atoms with E-state index in [1.54, 1.807) is 18.2 Å². The third-order valence-corrected chi connectivity index (χ3v) is 2.80. The Bertz CT molecular complexity index is 339. The van der Waals surface area contributed by atoms with Gasteiger partial charge in [0.25, 0.3) is 0 Å². The first-order chi connectivity index (χ1) is 8.13. The van der Waals surface area contributed by atoms with Gasteiger partial charge in [0.05, 0.1) is 11.8 Å². The van der Waals surface area contributed by atoms with E-state index >= 15 is 0 Å². The van der Waals surface area contributed by atoms with Gasteiger partial charge in [-0.05, 0) is 31.9 Å². The molecule has 17 heavy (non-hydrogen) atoms. The van der Waals surface area contributed by atoms with Gasteiger partial charge in [-0.2, -0.15) is 0 Å². The lowest BCUT2D eigenvalue weighted by atomic mass is 10.1. The van der Waals surface area contributed by atoms with Gasteiger partial charge in [0.15, 0.2) is 0 Å². The molecule has 0 aliphatic rings. The minimum absolute atomic E-state index is 0.105. The van der Waals surface area contributed by atoms with Crippen LogP contribution in [0.4, 0.5) is 5.69 Å². The topological polar surface area (TPSA) is 55.5 Å². The summed E-state index contributed by atoms with van der Waals surface area (Å²) in [7, 11) is 0. The van der Waals surface area contributed by atoms with Crippen molar-refractivity contribution >= 4 is 5.69 Å². The summed E-state index contributed by atoms with van der Waals surface area (Å²) in [6.45, 7) is 4.27. The maximum atomic E-state index is 9.30. The van der Waals surface area contributed by atoms with E-state index in [2.05, 4.69) is 13.8 Å². The summed E-state index contributed by atoms with van der Waals surface area (Å²) in [5.41, 5.74) is 5.97. The lowest BCUT2D eigenvalue weighted by Gasteiger charge is -2.15. The van der Waals surface area contributed by atoms with E-state index in [0.29, 0.717) is 5.69 Å². The molecule has 0 aliphatic heterocycles. The summed E-state index contributed by atoms with van der Waals surface area (Å²) < 4.78 is 5.74. The number of aromatic hydroxyl groups is 1. The van der Waals surface area contributed by atoms with Crippen molar-refractivity contribution in [3.8, 4) is 11.5 Å². The molecule has 0 saturated carbocycles. The van der Waals surface area contributed by atoms with Crippen LogP contribution in [0.3, 0.4) is 0 Å². The van der Waals surface area contributed by atoms with Crippen LogP contribution in [-0.2, 0) is 0 Å². The van der Waals surface area contributed by atoms with Gasteiger partial charge in [0.2, 0.25) is 0 Å². The zero-order valence-electron chi connectivity index (χ0n) is 10.8. The molecule has 0 amide bonds. The van der Waals surface area contributed by atoms with Crippen molar-refractivity contribution in [1.82, 2.24) is 0 Å². The molecule has 0 aliphatic carbocycles. The zero-order valence-corrected chi connectivity index (χ0v) is 10.8. The van der Waals surface area contributed by atoms with Gasteiger partial charge in [0.1, 0.15) is 11.5 Å². The van der Waals surface area contributed by atoms with Crippen molar-refractivity contribution in [2.75, 3.05) is 5.73 Å². The molecule has 1 atom stereocenters. The van der Waals surface area contributed by atoms with Crippen molar-refractivity contribution in [2.45, 2.75) is 52.1 Å². The number of phenolic OH excluding ortho intramolecular Hbond substituents is 1. The van der Waals surface area contributed by atoms with Crippen LogP contribution < -0.4 is 10.5 Å². The van der Waals surface area contributed by atoms with Gasteiger partial charge in [-0.25, -0.2) is 0 Å². The number of hydrogen-bond acceptors (Lipinski definition) is 3. The van der Waals surface area contributed by atoms with Crippen LogP contribution in [0.2, 0.25) is 0 Å². The predicted octanol–water partition coefficient (Wildman–Crippen LogP) is 3.71. The molecule has 3 N–H and O–H groups in total. The second-order valence-electron chi connectivity index (χ2n) is 4.50. The van der Waals surface area contributed by atoms with E-state index in [9.17, 15) is 5.11 Å². The molecule has 1 unspecified atom stereocenters. The highest BCUT2D eigenvalue weighted by Crippen LogP contribution is 2.26. The maximum absolute atomic E-state index is 9.30. The van der Waals surface area contributed by atoms with Crippen LogP contribution >= 0.6 is 0 Å². The van der Waals surface area contributed by atoms with Gasteiger partial charge in [0, 0.05) is 6.07 Å². The molecule has 0 fully saturated rings. The average molecular weight is 237 g/mol. The average Bonchev–Trinajstić information content (AvgIpc) is 2.30. The van der Waals surface area contributed by atoms with E-state index in [1.807, 2.05) is 0 Å². The zero-order chi connectivity index (χ0) is 12.7. The van der Waals surface area contributed by atoms with E-state index in [1.165, 1.54) is 25.7 Å². The van der Waals surface area contributed by atoms with Crippen LogP contribution in [0.5, 0.6) is 11.5 Å². The van der Waals surface area contributed by atoms with E-state index in [0.717, 1.165) is 12.2 Å². The van der Waals surface area contributed by atoms with E-state index < -0.39 is 0 Å². The minimum Gasteiger partial charge on any atom is -0.506 e. The number of nitrogen functional groups attached to an aromatic ring is 1. The predicted molar refractivity (Wildman–Crippen MR) is 71.4 cm³/mol. The minimum atomic E-state index is 0.105. The Morgan fingerprint density at radius 3 is 2.71 bits per heavy atom. The lowest BCUT2D eigenvalue weighted by molar-refractivity contribution is 0.206. The van der Waals surface area contributed by atoms with Gasteiger partial charge < -0.3 is 15.6 Å². The van der Waals surface area contributed by atoms with Crippen LogP contribution in [0.25, 0.3) is 0 Å². The van der Waals surface area contributed by atoms with Crippen molar-refractivity contribution in [2.24, 2.45) is 0 Å². The van der Waals surface area contributed by atoms with Crippen LogP contribution in [0, 0.1) is 0 Å². The molecule has 3 heteroatoms. The van der Waals surface area contributed by atoms with Gasteiger partial charge in [-0.3, -0.25) is 0 Å². The van der Waals surface area contributed by atoms with E-state index in [-0.39, 0.29) is 11.9 Å². The van der Waals surface area contributed by atoms with Crippen molar-refractivity contribution in [3.63, 3.8) is 0 Å². The van der Waals surface area contributed by atoms with Crippen molar-refractivity contribution in [1.29, 1.82) is 0 Å². The molecule has 0 heterocycles. The Labute approximate surface area is 104 Å². The number of ether oxygens (including phenoxy) is 1. The smallest absolute Gasteiger partial charge is 0.138 e. The number of nitrogens with two attached hydrogens (primary N) is 1. The number of unbranched alkanes of at least 4 members (excludes halogenated alkanes) is 3. The standard InChI is InChI=1S/C14H23NO2/c1-3-4-5-6-7-11(2)17-12-8-9-14(16)13(15)10-12/h8-11,16H,3-7,15H2,1-2H3. The number of anilines is 1. The molecule has 1 rings (SSSR count). The molecule has 0 aromatic heterocycles. The maximum Gasteiger partial charge on any atom is 0.138 e. The highest BCUT2D eigenvalue weighted by molar-refractivity contribution is 5.55. The first-order valence-corrected chi connectivity index (χ1v) is 6.38. The summed E-state index contributed by atoms with van der Waals surface area (Å²) >= 11 is 0. The number of hydrogen-bond donors (Lipinski definition) is 2. The molecule has 3 nitrogen and oxygen atoms in total. The van der Waals surface area contributed by atoms with Crippen LogP contribution in [0.1, 0.15) is 46.0 Å². The van der Waals surface area contributed by atoms with Gasteiger partial charge >= 0.3 is 0 Å². The third-order valence-electron chi connectivity index (χ3n) is 2.80. The Morgan fingerprint density at radius 2 is 2.06 bits per heavy atom. The van der Waals surface area contributed by atoms with Crippen LogP contribution in [0.15, 0.2) is 18.2 Å². The second-order valence-corrected chi connectivity index (χ2v) is 4.50. The molecule has 0 saturated heterocycles. The Balaban J connectivity index is 2.34. The fraction of sp³-hybridized carbons (Fsp3) is 0.571. The molecule has 96 valence electrons. The molecule has 0 bridgehead atoms. The largest absolute Gasteiger partial charge is 0.506 e. The fourth-order valence-electron chi connectivity index (χ4n) is 1.76. The SMILES string of the molecule is CCCCCCC(C)Oc1ccc(O)c(N)c1. The summed E-state index contributed by atoms with van der Waals surface area (Å²) in [4.78, 5) is 0. The Kier molecular flexibility index (Phi) is 5.67. The number of benzene rings is 1. The van der Waals surface area contributed by atoms with E-state index in [4.69, 9.17) is 10.5 Å².